The molecular weight excluding hydrogens is 311 g/mol. The molecule has 5 nitrogen and oxygen atoms in total. The van der Waals surface area contributed by atoms with Crippen LogP contribution in [0.4, 0.5) is 4.39 Å². The second-order valence-corrected chi connectivity index (χ2v) is 5.59. The molecule has 0 spiro atoms. The quantitative estimate of drug-likeness (QED) is 0.826. The summed E-state index contributed by atoms with van der Waals surface area (Å²) in [5.41, 5.74) is 0.612. The van der Waals surface area contributed by atoms with Crippen LogP contribution in [0, 0.1) is 5.82 Å². The standard InChI is InChI=1S/C15H18ClFN2O3/c1-10-15(21)18(5-6-22-2)9-14(20)19(10)8-11-3-4-12(17)7-13(11)16/h3-4,7,10H,5-6,8-9H2,1-2H3/t10-/m0/s1. The molecule has 0 N–H and O–H groups in total. The zero-order chi connectivity index (χ0) is 16.3. The van der Waals surface area contributed by atoms with Crippen molar-refractivity contribution in [1.82, 2.24) is 9.80 Å². The lowest BCUT2D eigenvalue weighted by atomic mass is 10.1. The summed E-state index contributed by atoms with van der Waals surface area (Å²) in [4.78, 5) is 27.5. The third-order valence-corrected chi connectivity index (χ3v) is 4.06. The minimum absolute atomic E-state index is 0.0192. The SMILES string of the molecule is COCCN1CC(=O)N(Cc2ccc(F)cc2Cl)[C@@H](C)C1=O. The smallest absolute Gasteiger partial charge is 0.245 e. The predicted molar refractivity (Wildman–Crippen MR) is 79.9 cm³/mol. The van der Waals surface area contributed by atoms with Crippen molar-refractivity contribution in [3.63, 3.8) is 0 Å². The van der Waals surface area contributed by atoms with Gasteiger partial charge in [-0.15, -0.1) is 0 Å². The van der Waals surface area contributed by atoms with Crippen molar-refractivity contribution in [1.29, 1.82) is 0 Å². The number of amides is 2. The number of methoxy groups -OCH3 is 1. The van der Waals surface area contributed by atoms with Crippen LogP contribution in [0.15, 0.2) is 18.2 Å². The van der Waals surface area contributed by atoms with E-state index in [2.05, 4.69) is 0 Å². The van der Waals surface area contributed by atoms with E-state index in [1.54, 1.807) is 14.0 Å². The van der Waals surface area contributed by atoms with Crippen LogP contribution in [0.1, 0.15) is 12.5 Å². The molecule has 0 unspecified atom stereocenters. The summed E-state index contributed by atoms with van der Waals surface area (Å²) >= 11 is 5.99. The second-order valence-electron chi connectivity index (χ2n) is 5.19. The van der Waals surface area contributed by atoms with Gasteiger partial charge < -0.3 is 14.5 Å². The summed E-state index contributed by atoms with van der Waals surface area (Å²) < 4.78 is 18.0. The van der Waals surface area contributed by atoms with E-state index in [9.17, 15) is 14.0 Å². The molecule has 7 heteroatoms. The lowest BCUT2D eigenvalue weighted by Gasteiger charge is -2.38. The number of nitrogens with zero attached hydrogens (tertiary/aromatic N) is 2. The van der Waals surface area contributed by atoms with Gasteiger partial charge in [-0.2, -0.15) is 0 Å². The molecule has 0 aromatic heterocycles. The van der Waals surface area contributed by atoms with E-state index in [-0.39, 0.29) is 29.9 Å². The van der Waals surface area contributed by atoms with Crippen LogP contribution < -0.4 is 0 Å². The van der Waals surface area contributed by atoms with Crippen molar-refractivity contribution >= 4 is 23.4 Å². The molecule has 1 aromatic carbocycles. The number of ether oxygens (including phenoxy) is 1. The number of rotatable bonds is 5. The summed E-state index contributed by atoms with van der Waals surface area (Å²) in [6, 6.07) is 3.43. The van der Waals surface area contributed by atoms with E-state index in [1.807, 2.05) is 0 Å². The number of hydrogen-bond donors (Lipinski definition) is 0. The van der Waals surface area contributed by atoms with Gasteiger partial charge in [-0.1, -0.05) is 17.7 Å². The van der Waals surface area contributed by atoms with Crippen molar-refractivity contribution in [2.24, 2.45) is 0 Å². The van der Waals surface area contributed by atoms with Crippen LogP contribution in [-0.2, 0) is 20.9 Å². The zero-order valence-electron chi connectivity index (χ0n) is 12.5. The Morgan fingerprint density at radius 2 is 2.14 bits per heavy atom. The largest absolute Gasteiger partial charge is 0.383 e. The number of benzene rings is 1. The van der Waals surface area contributed by atoms with Crippen LogP contribution in [-0.4, -0.2) is 54.5 Å². The number of carbonyl (C=O) groups is 2. The van der Waals surface area contributed by atoms with E-state index in [0.29, 0.717) is 18.7 Å². The third-order valence-electron chi connectivity index (χ3n) is 3.70. The Kier molecular flexibility index (Phi) is 5.37. The molecule has 2 rings (SSSR count). The summed E-state index contributed by atoms with van der Waals surface area (Å²) in [6.45, 7) is 2.65. The van der Waals surface area contributed by atoms with Gasteiger partial charge in [-0.05, 0) is 24.6 Å². The first-order valence-corrected chi connectivity index (χ1v) is 7.33. The van der Waals surface area contributed by atoms with Crippen LogP contribution in [0.3, 0.4) is 0 Å². The highest BCUT2D eigenvalue weighted by Gasteiger charge is 2.36. The minimum atomic E-state index is -0.584. The molecule has 1 saturated heterocycles. The molecule has 120 valence electrons. The predicted octanol–water partition coefficient (Wildman–Crippen LogP) is 1.68. The first-order chi connectivity index (χ1) is 10.4. The fourth-order valence-corrected chi connectivity index (χ4v) is 2.62. The molecule has 1 aliphatic heterocycles. The van der Waals surface area contributed by atoms with Crippen LogP contribution in [0.25, 0.3) is 0 Å². The Hall–Kier alpha value is -1.66. The minimum Gasteiger partial charge on any atom is -0.383 e. The number of piperazine rings is 1. The van der Waals surface area contributed by atoms with Crippen LogP contribution in [0.5, 0.6) is 0 Å². The highest BCUT2D eigenvalue weighted by molar-refractivity contribution is 6.31. The van der Waals surface area contributed by atoms with Gasteiger partial charge in [-0.3, -0.25) is 9.59 Å². The molecule has 1 fully saturated rings. The molecule has 1 atom stereocenters. The van der Waals surface area contributed by atoms with Gasteiger partial charge in [0.25, 0.3) is 0 Å². The summed E-state index contributed by atoms with van der Waals surface area (Å²) in [6.07, 6.45) is 0. The second kappa shape index (κ2) is 7.07. The monoisotopic (exact) mass is 328 g/mol. The van der Waals surface area contributed by atoms with Gasteiger partial charge >= 0.3 is 0 Å². The Morgan fingerprint density at radius 3 is 2.77 bits per heavy atom. The average Bonchev–Trinajstić information content (AvgIpc) is 2.48. The van der Waals surface area contributed by atoms with E-state index in [1.165, 1.54) is 28.0 Å². The van der Waals surface area contributed by atoms with Crippen molar-refractivity contribution in [3.05, 3.63) is 34.6 Å². The topological polar surface area (TPSA) is 49.9 Å². The normalized spacial score (nSPS) is 19.0. The molecule has 1 aromatic rings. The molecule has 0 radical (unpaired) electrons. The molecule has 0 bridgehead atoms. The summed E-state index contributed by atoms with van der Waals surface area (Å²) in [7, 11) is 1.54. The third kappa shape index (κ3) is 3.56. The van der Waals surface area contributed by atoms with Crippen molar-refractivity contribution in [2.75, 3.05) is 26.8 Å². The molecule has 0 aliphatic carbocycles. The first-order valence-electron chi connectivity index (χ1n) is 6.95. The van der Waals surface area contributed by atoms with E-state index >= 15 is 0 Å². The zero-order valence-corrected chi connectivity index (χ0v) is 13.3. The van der Waals surface area contributed by atoms with Gasteiger partial charge in [0.15, 0.2) is 0 Å². The van der Waals surface area contributed by atoms with Gasteiger partial charge in [-0.25, -0.2) is 4.39 Å². The molecular formula is C15H18ClFN2O3. The Bertz CT molecular complexity index is 582. The Balaban J connectivity index is 2.12. The number of carbonyl (C=O) groups excluding carboxylic acids is 2. The molecule has 0 saturated carbocycles. The molecule has 1 heterocycles. The maximum Gasteiger partial charge on any atom is 0.245 e. The lowest BCUT2D eigenvalue weighted by molar-refractivity contribution is -0.156. The Labute approximate surface area is 133 Å². The molecule has 2 amide bonds. The van der Waals surface area contributed by atoms with E-state index in [0.717, 1.165) is 0 Å². The fourth-order valence-electron chi connectivity index (χ4n) is 2.39. The fraction of sp³-hybridized carbons (Fsp3) is 0.467. The summed E-state index contributed by atoms with van der Waals surface area (Å²) in [5, 5.41) is 0.245. The van der Waals surface area contributed by atoms with E-state index in [4.69, 9.17) is 16.3 Å². The van der Waals surface area contributed by atoms with E-state index < -0.39 is 11.9 Å². The van der Waals surface area contributed by atoms with Gasteiger partial charge in [0.1, 0.15) is 11.9 Å². The molecule has 1 aliphatic rings. The maximum atomic E-state index is 13.1. The lowest BCUT2D eigenvalue weighted by Crippen LogP contribution is -2.58. The van der Waals surface area contributed by atoms with Gasteiger partial charge in [0.05, 0.1) is 13.2 Å². The first kappa shape index (κ1) is 16.7. The maximum absolute atomic E-state index is 13.1. The Morgan fingerprint density at radius 1 is 1.41 bits per heavy atom. The number of halogens is 2. The van der Waals surface area contributed by atoms with Crippen molar-refractivity contribution in [3.8, 4) is 0 Å². The van der Waals surface area contributed by atoms with Gasteiger partial charge in [0, 0.05) is 25.2 Å². The van der Waals surface area contributed by atoms with Gasteiger partial charge in [0.2, 0.25) is 11.8 Å². The number of hydrogen-bond acceptors (Lipinski definition) is 3. The highest BCUT2D eigenvalue weighted by atomic mass is 35.5. The van der Waals surface area contributed by atoms with Crippen LogP contribution in [0.2, 0.25) is 5.02 Å². The average molecular weight is 329 g/mol. The highest BCUT2D eigenvalue weighted by Crippen LogP contribution is 2.22. The van der Waals surface area contributed by atoms with Crippen molar-refractivity contribution < 1.29 is 18.7 Å². The van der Waals surface area contributed by atoms with Crippen LogP contribution >= 0.6 is 11.6 Å². The summed E-state index contributed by atoms with van der Waals surface area (Å²) in [5.74, 6) is -0.730. The molecule has 22 heavy (non-hydrogen) atoms. The van der Waals surface area contributed by atoms with Crippen molar-refractivity contribution in [2.45, 2.75) is 19.5 Å².